The third-order valence-corrected chi connectivity index (χ3v) is 2.28. The maximum absolute atomic E-state index is 13.4. The topological polar surface area (TPSA) is 35.8 Å². The summed E-state index contributed by atoms with van der Waals surface area (Å²) in [6, 6.07) is 3.77. The van der Waals surface area contributed by atoms with Gasteiger partial charge in [0.05, 0.1) is 11.6 Å². The molecular formula is C12H14F2N2. The molecule has 1 unspecified atom stereocenters. The number of halogens is 2. The summed E-state index contributed by atoms with van der Waals surface area (Å²) < 4.78 is 26.9. The van der Waals surface area contributed by atoms with E-state index in [1.54, 1.807) is 6.07 Å². The molecule has 16 heavy (non-hydrogen) atoms. The van der Waals surface area contributed by atoms with Crippen molar-refractivity contribution < 1.29 is 8.78 Å². The number of hydrogen-bond acceptors (Lipinski definition) is 2. The molecule has 0 saturated heterocycles. The number of rotatable bonds is 4. The van der Waals surface area contributed by atoms with Gasteiger partial charge >= 0.3 is 0 Å². The zero-order chi connectivity index (χ0) is 12.1. The largest absolute Gasteiger partial charge is 0.378 e. The molecule has 0 aromatic heterocycles. The number of anilines is 1. The van der Waals surface area contributed by atoms with Gasteiger partial charge in [-0.05, 0) is 25.5 Å². The molecule has 1 N–H and O–H groups in total. The Morgan fingerprint density at radius 2 is 1.94 bits per heavy atom. The van der Waals surface area contributed by atoms with E-state index in [9.17, 15) is 8.78 Å². The summed E-state index contributed by atoms with van der Waals surface area (Å²) in [6.07, 6.45) is 1.77. The zero-order valence-electron chi connectivity index (χ0n) is 9.35. The van der Waals surface area contributed by atoms with Crippen LogP contribution < -0.4 is 5.32 Å². The molecule has 1 rings (SSSR count). The Labute approximate surface area is 93.9 Å². The third kappa shape index (κ3) is 2.93. The normalized spacial score (nSPS) is 11.9. The first-order chi connectivity index (χ1) is 7.58. The van der Waals surface area contributed by atoms with E-state index in [1.165, 1.54) is 0 Å². The van der Waals surface area contributed by atoms with E-state index in [4.69, 9.17) is 5.26 Å². The molecule has 0 aliphatic heterocycles. The second-order valence-electron chi connectivity index (χ2n) is 3.76. The lowest BCUT2D eigenvalue weighted by atomic mass is 10.1. The monoisotopic (exact) mass is 224 g/mol. The highest BCUT2D eigenvalue weighted by Crippen LogP contribution is 2.21. The smallest absolute Gasteiger partial charge is 0.150 e. The molecule has 2 nitrogen and oxygen atoms in total. The van der Waals surface area contributed by atoms with Crippen molar-refractivity contribution in [1.29, 1.82) is 5.26 Å². The Hall–Kier alpha value is -1.63. The summed E-state index contributed by atoms with van der Waals surface area (Å²) in [5.41, 5.74) is -0.163. The van der Waals surface area contributed by atoms with Gasteiger partial charge in [0.2, 0.25) is 0 Å². The van der Waals surface area contributed by atoms with Crippen molar-refractivity contribution in [3.05, 3.63) is 29.3 Å². The summed E-state index contributed by atoms with van der Waals surface area (Å²) in [5, 5.41) is 11.3. The molecule has 0 aliphatic rings. The van der Waals surface area contributed by atoms with Crippen molar-refractivity contribution in [2.24, 2.45) is 0 Å². The van der Waals surface area contributed by atoms with E-state index in [-0.39, 0.29) is 17.3 Å². The second kappa shape index (κ2) is 5.45. The molecule has 1 aromatic rings. The second-order valence-corrected chi connectivity index (χ2v) is 3.76. The molecule has 4 heteroatoms. The lowest BCUT2D eigenvalue weighted by Gasteiger charge is -2.15. The van der Waals surface area contributed by atoms with Crippen molar-refractivity contribution in [1.82, 2.24) is 0 Å². The van der Waals surface area contributed by atoms with Crippen LogP contribution in [0.1, 0.15) is 32.3 Å². The van der Waals surface area contributed by atoms with Crippen LogP contribution in [-0.2, 0) is 0 Å². The highest BCUT2D eigenvalue weighted by molar-refractivity contribution is 5.50. The molecule has 86 valence electrons. The van der Waals surface area contributed by atoms with Gasteiger partial charge in [-0.3, -0.25) is 0 Å². The Bertz CT molecular complexity index is 387. The van der Waals surface area contributed by atoms with Crippen LogP contribution in [0.15, 0.2) is 12.1 Å². The van der Waals surface area contributed by atoms with Gasteiger partial charge in [-0.15, -0.1) is 0 Å². The standard InChI is InChI=1S/C12H14F2N2/c1-3-4-8(2)16-12-10(13)5-9(7-15)6-11(12)14/h5-6,8,16H,3-4H2,1-2H3. The summed E-state index contributed by atoms with van der Waals surface area (Å²) in [5.74, 6) is -1.45. The Balaban J connectivity index is 2.93. The third-order valence-electron chi connectivity index (χ3n) is 2.28. The predicted molar refractivity (Wildman–Crippen MR) is 59.1 cm³/mol. The average Bonchev–Trinajstić information content (AvgIpc) is 2.23. The number of nitrogens with zero attached hydrogens (tertiary/aromatic N) is 1. The van der Waals surface area contributed by atoms with Gasteiger partial charge in [-0.25, -0.2) is 8.78 Å². The van der Waals surface area contributed by atoms with Gasteiger partial charge in [0.25, 0.3) is 0 Å². The summed E-state index contributed by atoms with van der Waals surface area (Å²) in [4.78, 5) is 0. The zero-order valence-corrected chi connectivity index (χ0v) is 9.35. The van der Waals surface area contributed by atoms with Crippen LogP contribution in [0.5, 0.6) is 0 Å². The first-order valence-corrected chi connectivity index (χ1v) is 5.24. The van der Waals surface area contributed by atoms with Crippen molar-refractivity contribution in [3.63, 3.8) is 0 Å². The van der Waals surface area contributed by atoms with E-state index in [2.05, 4.69) is 5.32 Å². The van der Waals surface area contributed by atoms with Gasteiger partial charge in [0.15, 0.2) is 11.6 Å². The van der Waals surface area contributed by atoms with Crippen molar-refractivity contribution >= 4 is 5.69 Å². The van der Waals surface area contributed by atoms with E-state index in [0.717, 1.165) is 25.0 Å². The number of hydrogen-bond donors (Lipinski definition) is 1. The fourth-order valence-corrected chi connectivity index (χ4v) is 1.53. The maximum Gasteiger partial charge on any atom is 0.150 e. The maximum atomic E-state index is 13.4. The fourth-order valence-electron chi connectivity index (χ4n) is 1.53. The van der Waals surface area contributed by atoms with E-state index < -0.39 is 11.6 Å². The highest BCUT2D eigenvalue weighted by Gasteiger charge is 2.12. The minimum Gasteiger partial charge on any atom is -0.378 e. The Morgan fingerprint density at radius 1 is 1.38 bits per heavy atom. The fraction of sp³-hybridized carbons (Fsp3) is 0.417. The molecule has 0 spiro atoms. The van der Waals surface area contributed by atoms with Crippen LogP contribution >= 0.6 is 0 Å². The minimum absolute atomic E-state index is 0.00179. The van der Waals surface area contributed by atoms with Crippen LogP contribution in [0, 0.1) is 23.0 Å². The van der Waals surface area contributed by atoms with E-state index in [0.29, 0.717) is 0 Å². The lowest BCUT2D eigenvalue weighted by molar-refractivity contribution is 0.578. The predicted octanol–water partition coefficient (Wildman–Crippen LogP) is 3.44. The van der Waals surface area contributed by atoms with Gasteiger partial charge in [-0.2, -0.15) is 5.26 Å². The molecule has 0 radical (unpaired) electrons. The molecule has 0 aliphatic carbocycles. The SMILES string of the molecule is CCCC(C)Nc1c(F)cc(C#N)cc1F. The molecule has 0 saturated carbocycles. The van der Waals surface area contributed by atoms with Crippen LogP contribution in [0.25, 0.3) is 0 Å². The van der Waals surface area contributed by atoms with Gasteiger partial charge in [0, 0.05) is 6.04 Å². The van der Waals surface area contributed by atoms with Crippen LogP contribution in [0.2, 0.25) is 0 Å². The van der Waals surface area contributed by atoms with Gasteiger partial charge in [-0.1, -0.05) is 13.3 Å². The first kappa shape index (κ1) is 12.4. The number of benzene rings is 1. The Morgan fingerprint density at radius 3 is 2.38 bits per heavy atom. The number of nitrogens with one attached hydrogen (secondary N) is 1. The molecule has 0 heterocycles. The van der Waals surface area contributed by atoms with Gasteiger partial charge < -0.3 is 5.32 Å². The molecule has 0 amide bonds. The average molecular weight is 224 g/mol. The number of nitriles is 1. The molecule has 1 aromatic carbocycles. The summed E-state index contributed by atoms with van der Waals surface area (Å²) in [7, 11) is 0. The van der Waals surface area contributed by atoms with Crippen molar-refractivity contribution in [3.8, 4) is 6.07 Å². The van der Waals surface area contributed by atoms with Gasteiger partial charge in [0.1, 0.15) is 5.69 Å². The van der Waals surface area contributed by atoms with Crippen molar-refractivity contribution in [2.75, 3.05) is 5.32 Å². The summed E-state index contributed by atoms with van der Waals surface area (Å²) >= 11 is 0. The van der Waals surface area contributed by atoms with Crippen LogP contribution in [0.4, 0.5) is 14.5 Å². The van der Waals surface area contributed by atoms with E-state index >= 15 is 0 Å². The molecule has 0 fully saturated rings. The summed E-state index contributed by atoms with van der Waals surface area (Å²) in [6.45, 7) is 3.87. The molecule has 0 bridgehead atoms. The highest BCUT2D eigenvalue weighted by atomic mass is 19.1. The quantitative estimate of drug-likeness (QED) is 0.850. The Kier molecular flexibility index (Phi) is 4.24. The van der Waals surface area contributed by atoms with E-state index in [1.807, 2.05) is 13.8 Å². The first-order valence-electron chi connectivity index (χ1n) is 5.24. The van der Waals surface area contributed by atoms with Crippen molar-refractivity contribution in [2.45, 2.75) is 32.7 Å². The lowest BCUT2D eigenvalue weighted by Crippen LogP contribution is -2.16. The van der Waals surface area contributed by atoms with Crippen LogP contribution in [0.3, 0.4) is 0 Å². The molecule has 1 atom stereocenters. The van der Waals surface area contributed by atoms with Crippen LogP contribution in [-0.4, -0.2) is 6.04 Å². The minimum atomic E-state index is -0.723. The molecular weight excluding hydrogens is 210 g/mol.